The van der Waals surface area contributed by atoms with Crippen molar-refractivity contribution >= 4 is 5.82 Å². The van der Waals surface area contributed by atoms with E-state index in [1.165, 1.54) is 18.4 Å². The van der Waals surface area contributed by atoms with E-state index in [9.17, 15) is 0 Å². The predicted octanol–water partition coefficient (Wildman–Crippen LogP) is 2.74. The fraction of sp³-hybridized carbons (Fsp3) is 0.643. The summed E-state index contributed by atoms with van der Waals surface area (Å²) in [5.74, 6) is 1.12. The molecule has 2 heterocycles. The number of hydrogen-bond donors (Lipinski definition) is 1. The monoisotopic (exact) mass is 233 g/mol. The molecule has 1 saturated heterocycles. The van der Waals surface area contributed by atoms with E-state index >= 15 is 0 Å². The first-order valence-electron chi connectivity index (χ1n) is 6.45. The van der Waals surface area contributed by atoms with Crippen LogP contribution in [0.4, 0.5) is 5.82 Å². The minimum atomic E-state index is 0.245. The van der Waals surface area contributed by atoms with Crippen molar-refractivity contribution in [2.45, 2.75) is 45.2 Å². The summed E-state index contributed by atoms with van der Waals surface area (Å²) in [5.41, 5.74) is 1.55. The van der Waals surface area contributed by atoms with E-state index in [0.29, 0.717) is 6.04 Å². The lowest BCUT2D eigenvalue weighted by atomic mass is 10.0. The second-order valence-electron chi connectivity index (χ2n) is 5.53. The van der Waals surface area contributed by atoms with Crippen molar-refractivity contribution in [2.75, 3.05) is 18.5 Å². The van der Waals surface area contributed by atoms with E-state index < -0.39 is 0 Å². The summed E-state index contributed by atoms with van der Waals surface area (Å²) in [7, 11) is 1.99. The molecule has 3 nitrogen and oxygen atoms in total. The Morgan fingerprint density at radius 1 is 1.47 bits per heavy atom. The van der Waals surface area contributed by atoms with E-state index in [2.05, 4.69) is 48.1 Å². The van der Waals surface area contributed by atoms with Gasteiger partial charge in [0.25, 0.3) is 0 Å². The molecule has 94 valence electrons. The molecule has 0 aromatic carbocycles. The van der Waals surface area contributed by atoms with Crippen molar-refractivity contribution in [3.63, 3.8) is 0 Å². The van der Waals surface area contributed by atoms with E-state index in [1.54, 1.807) is 0 Å². The fourth-order valence-corrected chi connectivity index (χ4v) is 2.55. The number of pyridine rings is 1. The van der Waals surface area contributed by atoms with Gasteiger partial charge in [-0.05, 0) is 58.4 Å². The van der Waals surface area contributed by atoms with Gasteiger partial charge in [0.1, 0.15) is 5.82 Å². The van der Waals surface area contributed by atoms with Crippen LogP contribution in [0.2, 0.25) is 0 Å². The average molecular weight is 233 g/mol. The lowest BCUT2D eigenvalue weighted by molar-refractivity contribution is 0.514. The van der Waals surface area contributed by atoms with Crippen LogP contribution in [0.1, 0.15) is 45.2 Å². The van der Waals surface area contributed by atoms with Gasteiger partial charge in [-0.2, -0.15) is 0 Å². The van der Waals surface area contributed by atoms with Gasteiger partial charge in [-0.3, -0.25) is 0 Å². The number of nitrogens with one attached hydrogen (secondary N) is 1. The molecule has 1 atom stereocenters. The van der Waals surface area contributed by atoms with Gasteiger partial charge in [-0.1, -0.05) is 0 Å². The summed E-state index contributed by atoms with van der Waals surface area (Å²) in [6.07, 6.45) is 4.44. The number of aromatic nitrogens is 1. The van der Waals surface area contributed by atoms with Crippen LogP contribution in [-0.4, -0.2) is 24.1 Å². The van der Waals surface area contributed by atoms with Gasteiger partial charge < -0.3 is 10.2 Å². The molecule has 3 heteroatoms. The van der Waals surface area contributed by atoms with Crippen LogP contribution in [-0.2, 0) is 0 Å². The smallest absolute Gasteiger partial charge is 0.129 e. The molecule has 2 rings (SSSR count). The van der Waals surface area contributed by atoms with Crippen LogP contribution in [0.5, 0.6) is 0 Å². The summed E-state index contributed by atoms with van der Waals surface area (Å²) < 4.78 is 0. The van der Waals surface area contributed by atoms with E-state index in [-0.39, 0.29) is 5.54 Å². The highest BCUT2D eigenvalue weighted by Gasteiger charge is 2.32. The Morgan fingerprint density at radius 3 is 2.82 bits per heavy atom. The second-order valence-corrected chi connectivity index (χ2v) is 5.53. The van der Waals surface area contributed by atoms with Crippen molar-refractivity contribution in [3.05, 3.63) is 23.9 Å². The maximum Gasteiger partial charge on any atom is 0.129 e. The van der Waals surface area contributed by atoms with Crippen molar-refractivity contribution in [3.8, 4) is 0 Å². The molecule has 1 N–H and O–H groups in total. The van der Waals surface area contributed by atoms with Gasteiger partial charge in [0.15, 0.2) is 0 Å². The molecule has 1 aliphatic rings. The topological polar surface area (TPSA) is 28.2 Å². The minimum absolute atomic E-state index is 0.245. The lowest BCUT2D eigenvalue weighted by Gasteiger charge is -2.33. The number of nitrogens with zero attached hydrogens (tertiary/aromatic N) is 2. The number of rotatable bonds is 3. The average Bonchev–Trinajstić information content (AvgIpc) is 2.68. The molecule has 1 unspecified atom stereocenters. The number of anilines is 1. The molecule has 1 aromatic heterocycles. The highest BCUT2D eigenvalue weighted by atomic mass is 15.3. The molecule has 0 spiro atoms. The van der Waals surface area contributed by atoms with Gasteiger partial charge in [-0.25, -0.2) is 4.98 Å². The zero-order chi connectivity index (χ0) is 12.5. The summed E-state index contributed by atoms with van der Waals surface area (Å²) in [5, 5.41) is 3.27. The quantitative estimate of drug-likeness (QED) is 0.870. The van der Waals surface area contributed by atoms with Crippen LogP contribution in [0.25, 0.3) is 0 Å². The largest absolute Gasteiger partial charge is 0.351 e. The SMILES string of the molecule is CNC(C)c1ccnc(N2CCCC2(C)C)c1. The Kier molecular flexibility index (Phi) is 3.38. The van der Waals surface area contributed by atoms with Crippen molar-refractivity contribution in [1.82, 2.24) is 10.3 Å². The maximum atomic E-state index is 4.53. The van der Waals surface area contributed by atoms with Crippen molar-refractivity contribution in [1.29, 1.82) is 0 Å². The third kappa shape index (κ3) is 2.44. The van der Waals surface area contributed by atoms with Crippen LogP contribution >= 0.6 is 0 Å². The molecular weight excluding hydrogens is 210 g/mol. The molecule has 0 aliphatic carbocycles. The van der Waals surface area contributed by atoms with Crippen LogP contribution in [0.3, 0.4) is 0 Å². The van der Waals surface area contributed by atoms with Gasteiger partial charge >= 0.3 is 0 Å². The summed E-state index contributed by atoms with van der Waals surface area (Å²) >= 11 is 0. The molecule has 0 bridgehead atoms. The van der Waals surface area contributed by atoms with E-state index in [0.717, 1.165) is 12.4 Å². The van der Waals surface area contributed by atoms with Gasteiger partial charge in [0.2, 0.25) is 0 Å². The second kappa shape index (κ2) is 4.65. The summed E-state index contributed by atoms with van der Waals surface area (Å²) in [6, 6.07) is 4.68. The molecule has 0 amide bonds. The van der Waals surface area contributed by atoms with Crippen LogP contribution < -0.4 is 10.2 Å². The van der Waals surface area contributed by atoms with Crippen molar-refractivity contribution < 1.29 is 0 Å². The molecule has 1 aromatic rings. The lowest BCUT2D eigenvalue weighted by Crippen LogP contribution is -2.38. The first kappa shape index (κ1) is 12.4. The molecule has 1 aliphatic heterocycles. The summed E-state index contributed by atoms with van der Waals surface area (Å²) in [4.78, 5) is 6.96. The Morgan fingerprint density at radius 2 is 2.24 bits per heavy atom. The van der Waals surface area contributed by atoms with Crippen LogP contribution in [0, 0.1) is 0 Å². The first-order valence-corrected chi connectivity index (χ1v) is 6.45. The predicted molar refractivity (Wildman–Crippen MR) is 72.4 cm³/mol. The molecule has 1 fully saturated rings. The Balaban J connectivity index is 2.27. The summed E-state index contributed by atoms with van der Waals surface area (Å²) in [6.45, 7) is 7.90. The zero-order valence-electron chi connectivity index (χ0n) is 11.3. The van der Waals surface area contributed by atoms with Crippen molar-refractivity contribution in [2.24, 2.45) is 0 Å². The highest BCUT2D eigenvalue weighted by molar-refractivity contribution is 5.45. The van der Waals surface area contributed by atoms with Gasteiger partial charge in [0, 0.05) is 24.3 Å². The molecule has 0 saturated carbocycles. The third-order valence-corrected chi connectivity index (χ3v) is 3.88. The Labute approximate surface area is 104 Å². The Bertz CT molecular complexity index is 387. The first-order chi connectivity index (χ1) is 8.04. The van der Waals surface area contributed by atoms with Gasteiger partial charge in [-0.15, -0.1) is 0 Å². The van der Waals surface area contributed by atoms with E-state index in [4.69, 9.17) is 0 Å². The maximum absolute atomic E-state index is 4.53. The zero-order valence-corrected chi connectivity index (χ0v) is 11.3. The van der Waals surface area contributed by atoms with E-state index in [1.807, 2.05) is 13.2 Å². The Hall–Kier alpha value is -1.09. The standard InChI is InChI=1S/C14H23N3/c1-11(15-4)12-6-8-16-13(10-12)17-9-5-7-14(17,2)3/h6,8,10-11,15H,5,7,9H2,1-4H3. The van der Waals surface area contributed by atoms with Gasteiger partial charge in [0.05, 0.1) is 0 Å². The molecule has 0 radical (unpaired) electrons. The molecular formula is C14H23N3. The normalized spacial score (nSPS) is 20.6. The third-order valence-electron chi connectivity index (χ3n) is 3.88. The fourth-order valence-electron chi connectivity index (χ4n) is 2.55. The van der Waals surface area contributed by atoms with Crippen LogP contribution in [0.15, 0.2) is 18.3 Å². The molecule has 17 heavy (non-hydrogen) atoms. The minimum Gasteiger partial charge on any atom is -0.351 e. The number of hydrogen-bond acceptors (Lipinski definition) is 3. The highest BCUT2D eigenvalue weighted by Crippen LogP contribution is 2.33.